The van der Waals surface area contributed by atoms with Gasteiger partial charge in [0.2, 0.25) is 0 Å². The predicted molar refractivity (Wildman–Crippen MR) is 120 cm³/mol. The standard InChI is InChI=1S/C19H31F2N5O.HI/c1-15(26-11-9-24(3)10-12-26)13-23-19(22-2)25(4)14-16-5-7-17(8-6-16)27-18(20)21;/h5-8,15,18H,9-14H2,1-4H3,(H,22,23);1H. The molecule has 1 fully saturated rings. The molecule has 160 valence electrons. The van der Waals surface area contributed by atoms with Gasteiger partial charge in [0, 0.05) is 59.4 Å². The molecule has 1 aromatic rings. The fraction of sp³-hybridized carbons (Fsp3) is 0.632. The van der Waals surface area contributed by atoms with Crippen LogP contribution in [0.25, 0.3) is 0 Å². The van der Waals surface area contributed by atoms with Gasteiger partial charge in [0.05, 0.1) is 0 Å². The fourth-order valence-corrected chi connectivity index (χ4v) is 3.14. The maximum atomic E-state index is 12.2. The van der Waals surface area contributed by atoms with Crippen molar-refractivity contribution in [3.05, 3.63) is 29.8 Å². The average molecular weight is 511 g/mol. The summed E-state index contributed by atoms with van der Waals surface area (Å²) in [6.45, 7) is 5.24. The number of piperazine rings is 1. The highest BCUT2D eigenvalue weighted by molar-refractivity contribution is 14.0. The van der Waals surface area contributed by atoms with E-state index in [-0.39, 0.29) is 29.7 Å². The molecular weight excluding hydrogens is 479 g/mol. The number of likely N-dealkylation sites (N-methyl/N-ethyl adjacent to an activating group) is 1. The van der Waals surface area contributed by atoms with Crippen LogP contribution in [0, 0.1) is 0 Å². The lowest BCUT2D eigenvalue weighted by Crippen LogP contribution is -2.52. The van der Waals surface area contributed by atoms with Crippen molar-refractivity contribution in [2.45, 2.75) is 26.1 Å². The van der Waals surface area contributed by atoms with Crippen LogP contribution in [0.5, 0.6) is 5.75 Å². The molecule has 1 aromatic carbocycles. The van der Waals surface area contributed by atoms with Crippen molar-refractivity contribution in [1.82, 2.24) is 20.0 Å². The summed E-state index contributed by atoms with van der Waals surface area (Å²) in [6, 6.07) is 7.11. The topological polar surface area (TPSA) is 43.3 Å². The number of hydrogen-bond acceptors (Lipinski definition) is 4. The first-order chi connectivity index (χ1) is 12.9. The van der Waals surface area contributed by atoms with Crippen molar-refractivity contribution in [3.63, 3.8) is 0 Å². The van der Waals surface area contributed by atoms with E-state index in [1.807, 2.05) is 11.9 Å². The maximum Gasteiger partial charge on any atom is 0.387 e. The largest absolute Gasteiger partial charge is 0.435 e. The van der Waals surface area contributed by atoms with Gasteiger partial charge in [0.25, 0.3) is 0 Å². The van der Waals surface area contributed by atoms with E-state index in [1.54, 1.807) is 31.3 Å². The molecule has 0 spiro atoms. The number of nitrogens with zero attached hydrogens (tertiary/aromatic N) is 4. The normalized spacial score (nSPS) is 17.2. The number of alkyl halides is 2. The molecular formula is C19H32F2IN5O. The Morgan fingerprint density at radius 3 is 2.36 bits per heavy atom. The Balaban J connectivity index is 0.00000392. The van der Waals surface area contributed by atoms with Crippen LogP contribution >= 0.6 is 24.0 Å². The number of guanidine groups is 1. The molecule has 0 radical (unpaired) electrons. The Kier molecular flexibility index (Phi) is 11.0. The summed E-state index contributed by atoms with van der Waals surface area (Å²) in [5.74, 6) is 0.976. The minimum atomic E-state index is -2.80. The van der Waals surface area contributed by atoms with Gasteiger partial charge in [-0.25, -0.2) is 0 Å². The predicted octanol–water partition coefficient (Wildman–Crippen LogP) is 2.55. The summed E-state index contributed by atoms with van der Waals surface area (Å²) in [7, 11) is 5.88. The summed E-state index contributed by atoms with van der Waals surface area (Å²) in [5.41, 5.74) is 0.995. The van der Waals surface area contributed by atoms with Gasteiger partial charge < -0.3 is 19.9 Å². The molecule has 0 saturated carbocycles. The first-order valence-corrected chi connectivity index (χ1v) is 9.27. The third-order valence-electron chi connectivity index (χ3n) is 4.86. The highest BCUT2D eigenvalue weighted by Gasteiger charge is 2.19. The number of nitrogens with one attached hydrogen (secondary N) is 1. The van der Waals surface area contributed by atoms with E-state index in [2.05, 4.69) is 38.8 Å². The number of hydrogen-bond donors (Lipinski definition) is 1. The van der Waals surface area contributed by atoms with E-state index in [0.717, 1.165) is 44.2 Å². The molecule has 1 atom stereocenters. The average Bonchev–Trinajstić information content (AvgIpc) is 2.64. The van der Waals surface area contributed by atoms with Crippen LogP contribution in [0.1, 0.15) is 12.5 Å². The molecule has 9 heteroatoms. The summed E-state index contributed by atoms with van der Waals surface area (Å²) in [4.78, 5) is 11.2. The number of rotatable bonds is 7. The molecule has 1 heterocycles. The Morgan fingerprint density at radius 2 is 1.82 bits per heavy atom. The molecule has 1 saturated heterocycles. The Hall–Kier alpha value is -1.20. The van der Waals surface area contributed by atoms with Crippen LogP contribution in [0.4, 0.5) is 8.78 Å². The van der Waals surface area contributed by atoms with Gasteiger partial charge in [0.1, 0.15) is 5.75 Å². The molecule has 0 aromatic heterocycles. The molecule has 1 N–H and O–H groups in total. The zero-order chi connectivity index (χ0) is 19.8. The third kappa shape index (κ3) is 8.04. The van der Waals surface area contributed by atoms with Crippen LogP contribution in [-0.4, -0.2) is 87.2 Å². The van der Waals surface area contributed by atoms with Gasteiger partial charge in [-0.15, -0.1) is 24.0 Å². The zero-order valence-electron chi connectivity index (χ0n) is 17.1. The minimum absolute atomic E-state index is 0. The van der Waals surface area contributed by atoms with Gasteiger partial charge in [-0.3, -0.25) is 9.89 Å². The van der Waals surface area contributed by atoms with Crippen molar-refractivity contribution in [1.29, 1.82) is 0 Å². The van der Waals surface area contributed by atoms with Crippen LogP contribution < -0.4 is 10.1 Å². The van der Waals surface area contributed by atoms with Gasteiger partial charge in [0.15, 0.2) is 5.96 Å². The third-order valence-corrected chi connectivity index (χ3v) is 4.86. The second kappa shape index (κ2) is 12.4. The molecule has 0 aliphatic carbocycles. The molecule has 1 aliphatic rings. The van der Waals surface area contributed by atoms with Crippen LogP contribution in [-0.2, 0) is 6.54 Å². The summed E-state index contributed by atoms with van der Waals surface area (Å²) in [6.07, 6.45) is 0. The first kappa shape index (κ1) is 24.8. The lowest BCUT2D eigenvalue weighted by molar-refractivity contribution is -0.0498. The van der Waals surface area contributed by atoms with E-state index in [4.69, 9.17) is 0 Å². The van der Waals surface area contributed by atoms with E-state index in [0.29, 0.717) is 12.6 Å². The number of ether oxygens (including phenoxy) is 1. The Labute approximate surface area is 183 Å². The van der Waals surface area contributed by atoms with E-state index in [9.17, 15) is 8.78 Å². The molecule has 1 unspecified atom stereocenters. The SMILES string of the molecule is CN=C(NCC(C)N1CCN(C)CC1)N(C)Cc1ccc(OC(F)F)cc1.I. The van der Waals surface area contributed by atoms with E-state index in [1.165, 1.54) is 0 Å². The smallest absolute Gasteiger partial charge is 0.387 e. The quantitative estimate of drug-likeness (QED) is 0.347. The molecule has 1 aliphatic heterocycles. The summed E-state index contributed by atoms with van der Waals surface area (Å²) < 4.78 is 28.8. The Morgan fingerprint density at radius 1 is 1.21 bits per heavy atom. The number of aliphatic imine (C=N–C) groups is 1. The first-order valence-electron chi connectivity index (χ1n) is 9.27. The van der Waals surface area contributed by atoms with Gasteiger partial charge in [-0.2, -0.15) is 8.78 Å². The second-order valence-corrected chi connectivity index (χ2v) is 6.99. The van der Waals surface area contributed by atoms with Crippen LogP contribution in [0.15, 0.2) is 29.3 Å². The highest BCUT2D eigenvalue weighted by Crippen LogP contribution is 2.15. The highest BCUT2D eigenvalue weighted by atomic mass is 127. The molecule has 28 heavy (non-hydrogen) atoms. The van der Waals surface area contributed by atoms with Gasteiger partial charge in [-0.1, -0.05) is 12.1 Å². The lowest BCUT2D eigenvalue weighted by Gasteiger charge is -2.37. The Bertz CT molecular complexity index is 594. The number of benzene rings is 1. The maximum absolute atomic E-state index is 12.2. The molecule has 0 amide bonds. The number of halogens is 3. The molecule has 6 nitrogen and oxygen atoms in total. The molecule has 0 bridgehead atoms. The van der Waals surface area contributed by atoms with Gasteiger partial charge in [-0.05, 0) is 31.7 Å². The lowest BCUT2D eigenvalue weighted by atomic mass is 10.2. The van der Waals surface area contributed by atoms with Crippen molar-refractivity contribution in [2.75, 3.05) is 53.9 Å². The second-order valence-electron chi connectivity index (χ2n) is 6.99. The van der Waals surface area contributed by atoms with E-state index < -0.39 is 6.61 Å². The van der Waals surface area contributed by atoms with Gasteiger partial charge >= 0.3 is 6.61 Å². The monoisotopic (exact) mass is 511 g/mol. The van der Waals surface area contributed by atoms with Crippen molar-refractivity contribution < 1.29 is 13.5 Å². The minimum Gasteiger partial charge on any atom is -0.435 e. The summed E-state index contributed by atoms with van der Waals surface area (Å²) >= 11 is 0. The van der Waals surface area contributed by atoms with Crippen molar-refractivity contribution in [2.24, 2.45) is 4.99 Å². The molecule has 2 rings (SSSR count). The van der Waals surface area contributed by atoms with Crippen molar-refractivity contribution in [3.8, 4) is 5.75 Å². The fourth-order valence-electron chi connectivity index (χ4n) is 3.14. The summed E-state index contributed by atoms with van der Waals surface area (Å²) in [5, 5.41) is 3.43. The van der Waals surface area contributed by atoms with Crippen LogP contribution in [0.2, 0.25) is 0 Å². The van der Waals surface area contributed by atoms with E-state index >= 15 is 0 Å². The van der Waals surface area contributed by atoms with Crippen LogP contribution in [0.3, 0.4) is 0 Å². The zero-order valence-corrected chi connectivity index (χ0v) is 19.4. The van der Waals surface area contributed by atoms with Crippen molar-refractivity contribution >= 4 is 29.9 Å².